The first-order valence-corrected chi connectivity index (χ1v) is 11.7. The molecule has 0 atom stereocenters. The monoisotopic (exact) mass is 551 g/mol. The Labute approximate surface area is 212 Å². The van der Waals surface area contributed by atoms with Gasteiger partial charge in [0, 0.05) is 17.1 Å². The van der Waals surface area contributed by atoms with Crippen molar-refractivity contribution in [3.8, 4) is 0 Å². The van der Waals surface area contributed by atoms with Gasteiger partial charge in [0.2, 0.25) is 5.91 Å². The molecular weight excluding hydrogens is 540 g/mol. The molecule has 0 fully saturated rings. The summed E-state index contributed by atoms with van der Waals surface area (Å²) >= 11 is 31.1. The molecule has 0 saturated heterocycles. The number of amides is 2. The summed E-state index contributed by atoms with van der Waals surface area (Å²) in [5.74, 6) is -0.181. The Hall–Kier alpha value is -1.68. The van der Waals surface area contributed by atoms with Crippen LogP contribution >= 0.6 is 69.8 Å². The molecule has 168 valence electrons. The van der Waals surface area contributed by atoms with Crippen molar-refractivity contribution >= 4 is 87.3 Å². The van der Waals surface area contributed by atoms with Crippen LogP contribution in [0.15, 0.2) is 35.5 Å². The lowest BCUT2D eigenvalue weighted by molar-refractivity contribution is -0.113. The van der Waals surface area contributed by atoms with E-state index in [0.717, 1.165) is 11.8 Å². The van der Waals surface area contributed by atoms with Crippen LogP contribution in [0.2, 0.25) is 25.1 Å². The van der Waals surface area contributed by atoms with Crippen molar-refractivity contribution in [3.05, 3.63) is 66.8 Å². The Morgan fingerprint density at radius 1 is 0.969 bits per heavy atom. The molecule has 32 heavy (non-hydrogen) atoms. The summed E-state index contributed by atoms with van der Waals surface area (Å²) in [6.07, 6.45) is 0. The molecule has 0 radical (unpaired) electrons. The van der Waals surface area contributed by atoms with Crippen molar-refractivity contribution in [2.75, 3.05) is 11.1 Å². The first-order valence-electron chi connectivity index (χ1n) is 8.84. The highest BCUT2D eigenvalue weighted by atomic mass is 35.5. The SMILES string of the molecule is Cn1c(CNC(=O)c2ccc(Cl)cc2Cl)nnc1SCC(=O)Nc1c(Cl)cc(Cl)cc1Cl. The molecule has 1 heterocycles. The molecule has 0 aliphatic carbocycles. The highest BCUT2D eigenvalue weighted by molar-refractivity contribution is 7.99. The fourth-order valence-electron chi connectivity index (χ4n) is 2.52. The number of carbonyl (C=O) groups is 2. The minimum atomic E-state index is -0.375. The molecule has 2 aromatic carbocycles. The second-order valence-corrected chi connectivity index (χ2v) is 9.38. The molecule has 3 rings (SSSR count). The average molecular weight is 554 g/mol. The second-order valence-electron chi connectivity index (χ2n) is 6.35. The average Bonchev–Trinajstić information content (AvgIpc) is 3.06. The van der Waals surface area contributed by atoms with Gasteiger partial charge < -0.3 is 15.2 Å². The van der Waals surface area contributed by atoms with Gasteiger partial charge in [-0.15, -0.1) is 10.2 Å². The number of rotatable bonds is 7. The lowest BCUT2D eigenvalue weighted by atomic mass is 10.2. The zero-order chi connectivity index (χ0) is 23.4. The van der Waals surface area contributed by atoms with Gasteiger partial charge in [0.05, 0.1) is 38.6 Å². The maximum atomic E-state index is 12.3. The lowest BCUT2D eigenvalue weighted by Gasteiger charge is -2.10. The van der Waals surface area contributed by atoms with Crippen LogP contribution in [0.4, 0.5) is 5.69 Å². The molecular formula is C19H14Cl5N5O2S. The summed E-state index contributed by atoms with van der Waals surface area (Å²) < 4.78 is 1.67. The molecule has 2 N–H and O–H groups in total. The third-order valence-electron chi connectivity index (χ3n) is 4.11. The van der Waals surface area contributed by atoms with Gasteiger partial charge in [-0.05, 0) is 30.3 Å². The molecule has 2 amide bonds. The highest BCUT2D eigenvalue weighted by Crippen LogP contribution is 2.33. The Balaban J connectivity index is 1.57. The molecule has 0 saturated carbocycles. The molecule has 0 spiro atoms. The van der Waals surface area contributed by atoms with Crippen LogP contribution in [-0.2, 0) is 18.4 Å². The predicted octanol–water partition coefficient (Wildman–Crippen LogP) is 5.74. The van der Waals surface area contributed by atoms with E-state index in [-0.39, 0.29) is 44.9 Å². The van der Waals surface area contributed by atoms with Gasteiger partial charge in [0.1, 0.15) is 0 Å². The summed E-state index contributed by atoms with van der Waals surface area (Å²) in [7, 11) is 1.73. The normalized spacial score (nSPS) is 10.8. The fraction of sp³-hybridized carbons (Fsp3) is 0.158. The Morgan fingerprint density at radius 3 is 2.28 bits per heavy atom. The molecule has 13 heteroatoms. The van der Waals surface area contributed by atoms with E-state index in [4.69, 9.17) is 58.0 Å². The van der Waals surface area contributed by atoms with Crippen molar-refractivity contribution in [3.63, 3.8) is 0 Å². The summed E-state index contributed by atoms with van der Waals surface area (Å²) in [6, 6.07) is 7.57. The quantitative estimate of drug-likeness (QED) is 0.364. The van der Waals surface area contributed by atoms with E-state index in [1.54, 1.807) is 17.7 Å². The Bertz CT molecular complexity index is 1160. The van der Waals surface area contributed by atoms with Gasteiger partial charge in [-0.25, -0.2) is 0 Å². The van der Waals surface area contributed by atoms with Crippen molar-refractivity contribution in [1.29, 1.82) is 0 Å². The molecule has 1 aromatic heterocycles. The van der Waals surface area contributed by atoms with Gasteiger partial charge in [-0.1, -0.05) is 69.8 Å². The topological polar surface area (TPSA) is 88.9 Å². The minimum Gasteiger partial charge on any atom is -0.345 e. The highest BCUT2D eigenvalue weighted by Gasteiger charge is 2.16. The molecule has 0 unspecified atom stereocenters. The number of carbonyl (C=O) groups excluding carboxylic acids is 2. The molecule has 7 nitrogen and oxygen atoms in total. The second kappa shape index (κ2) is 11.0. The van der Waals surface area contributed by atoms with E-state index in [1.165, 1.54) is 24.3 Å². The number of thioether (sulfide) groups is 1. The molecule has 0 aliphatic heterocycles. The summed E-state index contributed by atoms with van der Waals surface area (Å²) in [4.78, 5) is 24.7. The number of aromatic nitrogens is 3. The summed E-state index contributed by atoms with van der Waals surface area (Å²) in [5.41, 5.74) is 0.578. The van der Waals surface area contributed by atoms with Crippen LogP contribution in [-0.4, -0.2) is 32.3 Å². The number of benzene rings is 2. The number of hydrogen-bond donors (Lipinski definition) is 2. The maximum Gasteiger partial charge on any atom is 0.253 e. The van der Waals surface area contributed by atoms with Crippen molar-refractivity contribution in [2.24, 2.45) is 7.05 Å². The number of nitrogens with zero attached hydrogens (tertiary/aromatic N) is 3. The Kier molecular flexibility index (Phi) is 8.55. The van der Waals surface area contributed by atoms with Crippen LogP contribution < -0.4 is 10.6 Å². The summed E-state index contributed by atoms with van der Waals surface area (Å²) in [6.45, 7) is 0.115. The lowest BCUT2D eigenvalue weighted by Crippen LogP contribution is -2.24. The zero-order valence-corrected chi connectivity index (χ0v) is 20.9. The molecule has 0 bridgehead atoms. The minimum absolute atomic E-state index is 0.0357. The number of anilines is 1. The fourth-order valence-corrected chi connectivity index (χ4v) is 4.66. The van der Waals surface area contributed by atoms with Crippen LogP contribution in [0.5, 0.6) is 0 Å². The van der Waals surface area contributed by atoms with Gasteiger partial charge in [0.25, 0.3) is 5.91 Å². The maximum absolute atomic E-state index is 12.3. The van der Waals surface area contributed by atoms with E-state index in [9.17, 15) is 9.59 Å². The first kappa shape index (κ1) is 25.0. The summed E-state index contributed by atoms with van der Waals surface area (Å²) in [5, 5.41) is 15.5. The number of hydrogen-bond acceptors (Lipinski definition) is 5. The number of nitrogens with one attached hydrogen (secondary N) is 2. The van der Waals surface area contributed by atoms with Crippen molar-refractivity contribution in [1.82, 2.24) is 20.1 Å². The van der Waals surface area contributed by atoms with Crippen LogP contribution in [0.3, 0.4) is 0 Å². The van der Waals surface area contributed by atoms with Gasteiger partial charge in [0.15, 0.2) is 11.0 Å². The van der Waals surface area contributed by atoms with Crippen molar-refractivity contribution < 1.29 is 9.59 Å². The predicted molar refractivity (Wildman–Crippen MR) is 129 cm³/mol. The van der Waals surface area contributed by atoms with E-state index in [2.05, 4.69) is 20.8 Å². The van der Waals surface area contributed by atoms with Gasteiger partial charge in [-0.2, -0.15) is 0 Å². The van der Waals surface area contributed by atoms with Crippen LogP contribution in [0.25, 0.3) is 0 Å². The van der Waals surface area contributed by atoms with Crippen LogP contribution in [0.1, 0.15) is 16.2 Å². The van der Waals surface area contributed by atoms with E-state index in [1.807, 2.05) is 0 Å². The zero-order valence-electron chi connectivity index (χ0n) is 16.3. The molecule has 0 aliphatic rings. The third kappa shape index (κ3) is 6.21. The number of halogens is 5. The van der Waals surface area contributed by atoms with E-state index < -0.39 is 0 Å². The Morgan fingerprint density at radius 2 is 1.62 bits per heavy atom. The molecule has 3 aromatic rings. The largest absolute Gasteiger partial charge is 0.345 e. The van der Waals surface area contributed by atoms with Crippen LogP contribution in [0, 0.1) is 0 Å². The smallest absolute Gasteiger partial charge is 0.253 e. The van der Waals surface area contributed by atoms with Gasteiger partial charge >= 0.3 is 0 Å². The first-order chi connectivity index (χ1) is 15.2. The van der Waals surface area contributed by atoms with Gasteiger partial charge in [-0.3, -0.25) is 9.59 Å². The standard InChI is InChI=1S/C19H14Cl5N5O2S/c1-29-15(7-25-18(31)11-3-2-9(20)4-12(11)22)27-28-19(29)32-8-16(30)26-17-13(23)5-10(21)6-14(17)24/h2-6H,7-8H2,1H3,(H,25,31)(H,26,30). The van der Waals surface area contributed by atoms with E-state index >= 15 is 0 Å². The third-order valence-corrected chi connectivity index (χ3v) is 6.49. The van der Waals surface area contributed by atoms with E-state index in [0.29, 0.717) is 26.6 Å². The van der Waals surface area contributed by atoms with Crippen molar-refractivity contribution in [2.45, 2.75) is 11.7 Å².